The molecule has 1 aliphatic rings. The highest BCUT2D eigenvalue weighted by molar-refractivity contribution is 5.75. The molecule has 4 rings (SSSR count). The fourth-order valence-electron chi connectivity index (χ4n) is 4.36. The van der Waals surface area contributed by atoms with Crippen molar-refractivity contribution in [3.8, 4) is 5.75 Å². The number of hydrogen-bond acceptors (Lipinski definition) is 5. The third kappa shape index (κ3) is 4.39. The van der Waals surface area contributed by atoms with Crippen LogP contribution in [0.25, 0.3) is 0 Å². The number of nitrogens with one attached hydrogen (secondary N) is 3. The van der Waals surface area contributed by atoms with Crippen molar-refractivity contribution in [1.29, 1.82) is 0 Å². The fourth-order valence-corrected chi connectivity index (χ4v) is 4.36. The minimum Gasteiger partial charge on any atom is -0.508 e. The van der Waals surface area contributed by atoms with Gasteiger partial charge in [-0.3, -0.25) is 20.7 Å². The van der Waals surface area contributed by atoms with Crippen molar-refractivity contribution in [2.75, 3.05) is 0 Å². The molecule has 1 fully saturated rings. The van der Waals surface area contributed by atoms with E-state index in [0.29, 0.717) is 11.1 Å². The summed E-state index contributed by atoms with van der Waals surface area (Å²) in [6.45, 7) is 8.42. The summed E-state index contributed by atoms with van der Waals surface area (Å²) >= 11 is 0. The Balaban J connectivity index is 1.75. The molecule has 3 aromatic carbocycles. The monoisotopic (exact) mass is 415 g/mol. The van der Waals surface area contributed by atoms with Crippen molar-refractivity contribution in [3.05, 3.63) is 99.1 Å². The standard InChI is InChI=1S/C26H29N3O2/c1-15-5-8-20(17(3)11-15)24-27-25(21-9-6-16(2)12-18(21)4)29-26(28-24)22-10-7-19(14-30)13-23(22)31/h5-14,24-29,31H,1-4H3. The number of carbonyl (C=O) groups is 1. The molecular weight excluding hydrogens is 386 g/mol. The highest BCUT2D eigenvalue weighted by Gasteiger charge is 2.32. The summed E-state index contributed by atoms with van der Waals surface area (Å²) in [7, 11) is 0. The first-order valence-electron chi connectivity index (χ1n) is 10.6. The number of benzene rings is 3. The predicted molar refractivity (Wildman–Crippen MR) is 123 cm³/mol. The van der Waals surface area contributed by atoms with Crippen LogP contribution in [0.3, 0.4) is 0 Å². The molecule has 0 spiro atoms. The maximum absolute atomic E-state index is 11.1. The molecule has 0 radical (unpaired) electrons. The van der Waals surface area contributed by atoms with E-state index in [1.165, 1.54) is 28.3 Å². The lowest BCUT2D eigenvalue weighted by Gasteiger charge is -2.40. The van der Waals surface area contributed by atoms with Crippen molar-refractivity contribution in [3.63, 3.8) is 0 Å². The van der Waals surface area contributed by atoms with Gasteiger partial charge in [-0.25, -0.2) is 0 Å². The van der Waals surface area contributed by atoms with E-state index >= 15 is 0 Å². The van der Waals surface area contributed by atoms with Gasteiger partial charge in [-0.1, -0.05) is 59.7 Å². The molecule has 160 valence electrons. The van der Waals surface area contributed by atoms with Gasteiger partial charge >= 0.3 is 0 Å². The number of phenolic OH excluding ortho intramolecular Hbond substituents is 1. The Morgan fingerprint density at radius 2 is 1.13 bits per heavy atom. The quantitative estimate of drug-likeness (QED) is 0.468. The van der Waals surface area contributed by atoms with E-state index in [0.717, 1.165) is 17.4 Å². The third-order valence-corrected chi connectivity index (χ3v) is 5.97. The molecule has 5 nitrogen and oxygen atoms in total. The van der Waals surface area contributed by atoms with E-state index in [4.69, 9.17) is 0 Å². The number of aldehydes is 1. The van der Waals surface area contributed by atoms with E-state index in [9.17, 15) is 9.90 Å². The highest BCUT2D eigenvalue weighted by Crippen LogP contribution is 2.33. The second-order valence-corrected chi connectivity index (χ2v) is 8.46. The Morgan fingerprint density at radius 1 is 0.677 bits per heavy atom. The summed E-state index contributed by atoms with van der Waals surface area (Å²) in [4.78, 5) is 11.1. The van der Waals surface area contributed by atoms with Gasteiger partial charge in [-0.05, 0) is 56.0 Å². The number of rotatable bonds is 4. The van der Waals surface area contributed by atoms with Crippen LogP contribution < -0.4 is 16.0 Å². The molecule has 0 saturated carbocycles. The van der Waals surface area contributed by atoms with Crippen LogP contribution in [0.1, 0.15) is 67.8 Å². The van der Waals surface area contributed by atoms with E-state index < -0.39 is 0 Å². The van der Waals surface area contributed by atoms with Gasteiger partial charge in [0.1, 0.15) is 12.0 Å². The molecular formula is C26H29N3O2. The van der Waals surface area contributed by atoms with Gasteiger partial charge in [0, 0.05) is 11.1 Å². The zero-order chi connectivity index (χ0) is 22.1. The molecule has 1 heterocycles. The molecule has 0 aliphatic carbocycles. The average Bonchev–Trinajstić information content (AvgIpc) is 2.73. The SMILES string of the molecule is Cc1ccc(C2NC(c3ccc(C)cc3C)NC(c3ccc(C=O)cc3O)N2)c(C)c1. The van der Waals surface area contributed by atoms with Crippen molar-refractivity contribution in [1.82, 2.24) is 16.0 Å². The molecule has 5 heteroatoms. The fraction of sp³-hybridized carbons (Fsp3) is 0.269. The van der Waals surface area contributed by atoms with Crippen LogP contribution in [0, 0.1) is 27.7 Å². The summed E-state index contributed by atoms with van der Waals surface area (Å²) in [5.74, 6) is 0.0928. The second kappa shape index (κ2) is 8.63. The van der Waals surface area contributed by atoms with E-state index in [-0.39, 0.29) is 24.2 Å². The Morgan fingerprint density at radius 3 is 1.55 bits per heavy atom. The first kappa shape index (κ1) is 21.2. The predicted octanol–water partition coefficient (Wildman–Crippen LogP) is 4.62. The zero-order valence-corrected chi connectivity index (χ0v) is 18.4. The van der Waals surface area contributed by atoms with Crippen molar-refractivity contribution < 1.29 is 9.90 Å². The molecule has 31 heavy (non-hydrogen) atoms. The number of phenols is 1. The lowest BCUT2D eigenvalue weighted by molar-refractivity contribution is 0.112. The average molecular weight is 416 g/mol. The summed E-state index contributed by atoms with van der Waals surface area (Å²) in [5.41, 5.74) is 8.33. The summed E-state index contributed by atoms with van der Waals surface area (Å²) in [6, 6.07) is 17.9. The second-order valence-electron chi connectivity index (χ2n) is 8.46. The lowest BCUT2D eigenvalue weighted by atomic mass is 9.97. The van der Waals surface area contributed by atoms with Crippen molar-refractivity contribution in [2.45, 2.75) is 46.2 Å². The Bertz CT molecular complexity index is 1070. The van der Waals surface area contributed by atoms with Crippen LogP contribution in [0.15, 0.2) is 54.6 Å². The van der Waals surface area contributed by atoms with E-state index in [1.54, 1.807) is 12.1 Å². The van der Waals surface area contributed by atoms with Crippen LogP contribution >= 0.6 is 0 Å². The first-order chi connectivity index (χ1) is 14.9. The maximum atomic E-state index is 11.1. The molecule has 4 N–H and O–H groups in total. The van der Waals surface area contributed by atoms with Crippen LogP contribution in [-0.4, -0.2) is 11.4 Å². The summed E-state index contributed by atoms with van der Waals surface area (Å²) in [5, 5.41) is 21.5. The number of aryl methyl sites for hydroxylation is 4. The van der Waals surface area contributed by atoms with Crippen molar-refractivity contribution in [2.24, 2.45) is 0 Å². The largest absolute Gasteiger partial charge is 0.508 e. The number of aromatic hydroxyl groups is 1. The van der Waals surface area contributed by atoms with Crippen molar-refractivity contribution >= 4 is 6.29 Å². The topological polar surface area (TPSA) is 73.4 Å². The van der Waals surface area contributed by atoms with Gasteiger partial charge in [-0.15, -0.1) is 0 Å². The molecule has 0 bridgehead atoms. The van der Waals surface area contributed by atoms with Gasteiger partial charge in [-0.2, -0.15) is 0 Å². The molecule has 0 aromatic heterocycles. The molecule has 0 amide bonds. The minimum absolute atomic E-state index is 0.0928. The summed E-state index contributed by atoms with van der Waals surface area (Å²) in [6.07, 6.45) is 0.188. The van der Waals surface area contributed by atoms with Crippen LogP contribution in [0.2, 0.25) is 0 Å². The molecule has 1 aliphatic heterocycles. The van der Waals surface area contributed by atoms with Gasteiger partial charge in [0.15, 0.2) is 0 Å². The smallest absolute Gasteiger partial charge is 0.150 e. The van der Waals surface area contributed by atoms with Crippen LogP contribution in [0.5, 0.6) is 5.75 Å². The van der Waals surface area contributed by atoms with Gasteiger partial charge < -0.3 is 5.11 Å². The van der Waals surface area contributed by atoms with Gasteiger partial charge in [0.2, 0.25) is 0 Å². The maximum Gasteiger partial charge on any atom is 0.150 e. The van der Waals surface area contributed by atoms with Gasteiger partial charge in [0.25, 0.3) is 0 Å². The summed E-state index contributed by atoms with van der Waals surface area (Å²) < 4.78 is 0. The highest BCUT2D eigenvalue weighted by atomic mass is 16.3. The van der Waals surface area contributed by atoms with E-state index in [2.05, 4.69) is 80.0 Å². The lowest BCUT2D eigenvalue weighted by Crippen LogP contribution is -2.54. The zero-order valence-electron chi connectivity index (χ0n) is 18.4. The van der Waals surface area contributed by atoms with Crippen LogP contribution in [0.4, 0.5) is 0 Å². The van der Waals surface area contributed by atoms with Crippen LogP contribution in [-0.2, 0) is 0 Å². The van der Waals surface area contributed by atoms with Gasteiger partial charge in [0.05, 0.1) is 18.5 Å². The van der Waals surface area contributed by atoms with E-state index in [1.807, 2.05) is 0 Å². The molecule has 2 atom stereocenters. The first-order valence-corrected chi connectivity index (χ1v) is 10.6. The Kier molecular flexibility index (Phi) is 5.92. The molecule has 3 aromatic rings. The third-order valence-electron chi connectivity index (χ3n) is 5.97. The Hall–Kier alpha value is -2.99. The number of carbonyl (C=O) groups excluding carboxylic acids is 1. The normalized spacial score (nSPS) is 21.1. The minimum atomic E-state index is -0.307. The number of hydrogen-bond donors (Lipinski definition) is 4. The molecule has 1 saturated heterocycles. The Labute approximate surface area is 183 Å². The molecule has 2 unspecified atom stereocenters.